The van der Waals surface area contributed by atoms with E-state index in [-0.39, 0.29) is 17.4 Å². The maximum Gasteiger partial charge on any atom is 0.350 e. The van der Waals surface area contributed by atoms with Gasteiger partial charge in [-0.3, -0.25) is 14.7 Å². The lowest BCUT2D eigenvalue weighted by atomic mass is 10.0. The third-order valence-electron chi connectivity index (χ3n) is 7.28. The molecule has 1 aliphatic heterocycles. The minimum atomic E-state index is -2.88. The van der Waals surface area contributed by atoms with Crippen molar-refractivity contribution in [3.05, 3.63) is 96.2 Å². The molecule has 0 saturated carbocycles. The number of aromatic nitrogens is 7. The molecule has 216 valence electrons. The number of carbonyl (C=O) groups is 1. The zero-order valence-corrected chi connectivity index (χ0v) is 23.3. The maximum atomic E-state index is 13.5. The summed E-state index contributed by atoms with van der Waals surface area (Å²) in [7, 11) is 0. The van der Waals surface area contributed by atoms with Gasteiger partial charge in [-0.25, -0.2) is 9.36 Å². The fraction of sp³-hybridized carbons (Fsp3) is 0.207. The Hall–Kier alpha value is -4.95. The number of carbonyl (C=O) groups excluding carboxylic acids is 1. The number of rotatable bonds is 7. The zero-order valence-electron chi connectivity index (χ0n) is 22.5. The van der Waals surface area contributed by atoms with Gasteiger partial charge in [-0.05, 0) is 64.3 Å². The molecular formula is C29H23F2N9O2S. The Balaban J connectivity index is 1.08. The quantitative estimate of drug-likeness (QED) is 0.251. The Bertz CT molecular complexity index is 1870. The molecule has 14 heteroatoms. The van der Waals surface area contributed by atoms with Crippen LogP contribution in [0.4, 0.5) is 8.78 Å². The highest BCUT2D eigenvalue weighted by molar-refractivity contribution is 7.09. The molecule has 0 unspecified atom stereocenters. The molecular weight excluding hydrogens is 576 g/mol. The van der Waals surface area contributed by atoms with Gasteiger partial charge in [0.25, 0.3) is 5.91 Å². The number of benzene rings is 2. The van der Waals surface area contributed by atoms with Gasteiger partial charge in [-0.1, -0.05) is 35.1 Å². The average Bonchev–Trinajstić information content (AvgIpc) is 3.83. The van der Waals surface area contributed by atoms with Crippen molar-refractivity contribution in [2.24, 2.45) is 0 Å². The number of amides is 1. The molecule has 6 aromatic rings. The van der Waals surface area contributed by atoms with Crippen LogP contribution in [0.1, 0.15) is 34.5 Å². The Morgan fingerprint density at radius 2 is 1.77 bits per heavy atom. The molecule has 2 aromatic carbocycles. The lowest BCUT2D eigenvalue weighted by Gasteiger charge is -2.38. The van der Waals surface area contributed by atoms with Gasteiger partial charge in [-0.2, -0.15) is 8.78 Å². The second-order valence-electron chi connectivity index (χ2n) is 9.90. The largest absolute Gasteiger partial charge is 0.436 e. The van der Waals surface area contributed by atoms with Gasteiger partial charge in [0.15, 0.2) is 11.4 Å². The summed E-state index contributed by atoms with van der Waals surface area (Å²) in [6, 6.07) is 20.1. The first kappa shape index (κ1) is 26.9. The minimum absolute atomic E-state index is 0.179. The van der Waals surface area contributed by atoms with Crippen LogP contribution >= 0.6 is 11.5 Å². The van der Waals surface area contributed by atoms with Crippen LogP contribution in [0.5, 0.6) is 0 Å². The molecule has 1 amide bonds. The first-order chi connectivity index (χ1) is 21.0. The van der Waals surface area contributed by atoms with Crippen LogP contribution in [-0.2, 0) is 0 Å². The van der Waals surface area contributed by atoms with Gasteiger partial charge >= 0.3 is 6.55 Å². The fourth-order valence-corrected chi connectivity index (χ4v) is 5.77. The number of pyridine rings is 1. The first-order valence-corrected chi connectivity index (χ1v) is 14.2. The van der Waals surface area contributed by atoms with Crippen molar-refractivity contribution < 1.29 is 18.0 Å². The molecule has 7 rings (SSSR count). The number of hydrogen-bond acceptors (Lipinski definition) is 10. The monoisotopic (exact) mass is 599 g/mol. The van der Waals surface area contributed by atoms with Gasteiger partial charge in [0.2, 0.25) is 5.89 Å². The molecule has 11 nitrogen and oxygen atoms in total. The third-order valence-corrected chi connectivity index (χ3v) is 8.08. The summed E-state index contributed by atoms with van der Waals surface area (Å²) in [4.78, 5) is 27.6. The van der Waals surface area contributed by atoms with E-state index in [4.69, 9.17) is 4.42 Å². The Morgan fingerprint density at radius 3 is 2.51 bits per heavy atom. The van der Waals surface area contributed by atoms with Crippen molar-refractivity contribution in [2.75, 3.05) is 26.2 Å². The second kappa shape index (κ2) is 11.4. The summed E-state index contributed by atoms with van der Waals surface area (Å²) in [5.41, 5.74) is 4.12. The van der Waals surface area contributed by atoms with Gasteiger partial charge in [0.1, 0.15) is 11.2 Å². The maximum absolute atomic E-state index is 13.5. The molecule has 0 bridgehead atoms. The van der Waals surface area contributed by atoms with E-state index >= 15 is 0 Å². The van der Waals surface area contributed by atoms with Gasteiger partial charge in [0.05, 0.1) is 10.9 Å². The summed E-state index contributed by atoms with van der Waals surface area (Å²) in [6.07, 6.45) is 3.33. The second-order valence-corrected chi connectivity index (χ2v) is 10.7. The van der Waals surface area contributed by atoms with Crippen molar-refractivity contribution in [3.8, 4) is 21.9 Å². The van der Waals surface area contributed by atoms with E-state index in [0.717, 1.165) is 16.0 Å². The van der Waals surface area contributed by atoms with Crippen LogP contribution < -0.4 is 0 Å². The van der Waals surface area contributed by atoms with E-state index < -0.39 is 12.6 Å². The van der Waals surface area contributed by atoms with E-state index in [2.05, 4.69) is 34.7 Å². The Morgan fingerprint density at radius 1 is 0.930 bits per heavy atom. The van der Waals surface area contributed by atoms with Crippen LogP contribution in [-0.4, -0.2) is 76.4 Å². The molecule has 1 aliphatic rings. The van der Waals surface area contributed by atoms with E-state index in [1.165, 1.54) is 11.5 Å². The first-order valence-electron chi connectivity index (χ1n) is 13.5. The number of piperazine rings is 1. The summed E-state index contributed by atoms with van der Waals surface area (Å²) < 4.78 is 36.5. The summed E-state index contributed by atoms with van der Waals surface area (Å²) in [5, 5.41) is 11.4. The molecule has 1 atom stereocenters. The predicted molar refractivity (Wildman–Crippen MR) is 153 cm³/mol. The van der Waals surface area contributed by atoms with Crippen molar-refractivity contribution >= 4 is 28.5 Å². The smallest absolute Gasteiger partial charge is 0.350 e. The van der Waals surface area contributed by atoms with E-state index in [9.17, 15) is 13.6 Å². The molecule has 1 saturated heterocycles. The van der Waals surface area contributed by atoms with Gasteiger partial charge in [0, 0.05) is 44.1 Å². The van der Waals surface area contributed by atoms with Crippen LogP contribution in [0.25, 0.3) is 33.0 Å². The summed E-state index contributed by atoms with van der Waals surface area (Å²) in [5.74, 6) is 0.356. The highest BCUT2D eigenvalue weighted by Crippen LogP contribution is 2.31. The van der Waals surface area contributed by atoms with Crippen molar-refractivity contribution in [2.45, 2.75) is 12.6 Å². The Kier molecular flexibility index (Phi) is 7.12. The van der Waals surface area contributed by atoms with Crippen LogP contribution in [0, 0.1) is 0 Å². The predicted octanol–water partition coefficient (Wildman–Crippen LogP) is 4.94. The lowest BCUT2D eigenvalue weighted by molar-refractivity contribution is 0.0385. The zero-order chi connectivity index (χ0) is 29.3. The number of halogens is 2. The van der Waals surface area contributed by atoms with Crippen LogP contribution in [0.3, 0.4) is 0 Å². The fourth-order valence-electron chi connectivity index (χ4n) is 5.18. The van der Waals surface area contributed by atoms with E-state index in [0.29, 0.717) is 53.5 Å². The van der Waals surface area contributed by atoms with Crippen LogP contribution in [0.15, 0.2) is 83.5 Å². The van der Waals surface area contributed by atoms with E-state index in [1.54, 1.807) is 29.4 Å². The number of hydrogen-bond donors (Lipinski definition) is 0. The van der Waals surface area contributed by atoms with Crippen molar-refractivity contribution in [1.82, 2.24) is 44.3 Å². The van der Waals surface area contributed by atoms with Crippen LogP contribution in [0.2, 0.25) is 0 Å². The summed E-state index contributed by atoms with van der Waals surface area (Å²) >= 11 is 1.41. The molecule has 1 fully saturated rings. The highest BCUT2D eigenvalue weighted by atomic mass is 32.1. The van der Waals surface area contributed by atoms with Gasteiger partial charge in [-0.15, -0.1) is 10.2 Å². The van der Waals surface area contributed by atoms with Crippen molar-refractivity contribution in [3.63, 3.8) is 0 Å². The standard InChI is InChI=1S/C29H23F2N9O2S/c30-29(31)40-36-26(35-37-40)25(18-4-2-1-3-5-18)38-12-14-39(15-13-38)28(41)22-17-20(8-10-32-22)27-34-21-16-19(6-7-23(21)42-27)24-9-11-33-43-24/h1-11,16-17,25,29H,12-15H2/t25-/m0/s1. The molecule has 4 aromatic heterocycles. The molecule has 0 N–H and O–H groups in total. The number of oxazole rings is 1. The van der Waals surface area contributed by atoms with Crippen molar-refractivity contribution in [1.29, 1.82) is 0 Å². The Labute approximate surface area is 247 Å². The number of fused-ring (bicyclic) bond motifs is 1. The molecule has 0 aliphatic carbocycles. The lowest BCUT2D eigenvalue weighted by Crippen LogP contribution is -2.50. The number of nitrogens with zero attached hydrogens (tertiary/aromatic N) is 9. The minimum Gasteiger partial charge on any atom is -0.436 e. The average molecular weight is 600 g/mol. The molecule has 5 heterocycles. The normalized spacial score (nSPS) is 14.9. The third kappa shape index (κ3) is 5.37. The number of alkyl halides is 2. The molecule has 43 heavy (non-hydrogen) atoms. The molecule has 0 radical (unpaired) electrons. The number of tetrazole rings is 1. The highest BCUT2D eigenvalue weighted by Gasteiger charge is 2.32. The van der Waals surface area contributed by atoms with E-state index in [1.807, 2.05) is 54.6 Å². The summed E-state index contributed by atoms with van der Waals surface area (Å²) in [6.45, 7) is -1.13. The SMILES string of the molecule is O=C(c1cc(-c2nc3cc(-c4ccns4)ccc3o2)ccn1)N1CCN([C@@H](c2ccccc2)c2nnn(C(F)F)n2)CC1. The molecule has 0 spiro atoms. The topological polar surface area (TPSA) is 119 Å². The van der Waals surface area contributed by atoms with Gasteiger partial charge < -0.3 is 9.32 Å².